The maximum atomic E-state index is 11.4. The number of aromatic nitrogens is 1. The van der Waals surface area contributed by atoms with Gasteiger partial charge < -0.3 is 19.1 Å². The number of carbonyl (C=O) groups is 1. The summed E-state index contributed by atoms with van der Waals surface area (Å²) in [5.41, 5.74) is 2.89. The molecule has 0 aliphatic heterocycles. The van der Waals surface area contributed by atoms with Crippen molar-refractivity contribution in [2.75, 3.05) is 7.11 Å². The molecule has 0 spiro atoms. The summed E-state index contributed by atoms with van der Waals surface area (Å²) in [5.74, 6) is 0.304. The van der Waals surface area contributed by atoms with E-state index in [1.165, 1.54) is 13.8 Å². The fraction of sp³-hybridized carbons (Fsp3) is 0.286. The minimum Gasteiger partial charge on any atom is -0.496 e. The van der Waals surface area contributed by atoms with E-state index in [0.29, 0.717) is 5.75 Å². The zero-order chi connectivity index (χ0) is 19.1. The third-order valence-electron chi connectivity index (χ3n) is 4.73. The fourth-order valence-electron chi connectivity index (χ4n) is 3.14. The molecule has 0 bridgehead atoms. The molecule has 5 nitrogen and oxygen atoms in total. The SMILES string of the molecule is COc1ccccc1-c1c(C)n(C)c2ccc(OC(C)(C)C(=O)O)cc12. The number of nitrogens with zero attached hydrogens (tertiary/aromatic N) is 1. The van der Waals surface area contributed by atoms with Gasteiger partial charge in [0.25, 0.3) is 0 Å². The lowest BCUT2D eigenvalue weighted by molar-refractivity contribution is -0.152. The van der Waals surface area contributed by atoms with Crippen molar-refractivity contribution in [3.05, 3.63) is 48.2 Å². The first-order valence-corrected chi connectivity index (χ1v) is 8.41. The molecule has 0 amide bonds. The van der Waals surface area contributed by atoms with Crippen molar-refractivity contribution >= 4 is 16.9 Å². The first kappa shape index (κ1) is 17.9. The summed E-state index contributed by atoms with van der Waals surface area (Å²) >= 11 is 0. The number of carboxylic acids is 1. The molecule has 3 rings (SSSR count). The number of ether oxygens (including phenoxy) is 2. The first-order chi connectivity index (χ1) is 12.3. The van der Waals surface area contributed by atoms with E-state index in [1.807, 2.05) is 43.4 Å². The summed E-state index contributed by atoms with van der Waals surface area (Å²) in [4.78, 5) is 11.4. The Hall–Kier alpha value is -2.95. The largest absolute Gasteiger partial charge is 0.496 e. The Morgan fingerprint density at radius 3 is 2.50 bits per heavy atom. The Morgan fingerprint density at radius 2 is 1.85 bits per heavy atom. The van der Waals surface area contributed by atoms with E-state index in [-0.39, 0.29) is 0 Å². The summed E-state index contributed by atoms with van der Waals surface area (Å²) in [6, 6.07) is 13.5. The average molecular weight is 353 g/mol. The second kappa shape index (κ2) is 6.41. The minimum atomic E-state index is -1.30. The fourth-order valence-corrected chi connectivity index (χ4v) is 3.14. The zero-order valence-electron chi connectivity index (χ0n) is 15.7. The summed E-state index contributed by atoms with van der Waals surface area (Å²) in [7, 11) is 3.67. The van der Waals surface area contributed by atoms with Gasteiger partial charge in [-0.05, 0) is 45.0 Å². The molecule has 5 heteroatoms. The van der Waals surface area contributed by atoms with Gasteiger partial charge >= 0.3 is 5.97 Å². The lowest BCUT2D eigenvalue weighted by atomic mass is 10.0. The Morgan fingerprint density at radius 1 is 1.15 bits per heavy atom. The van der Waals surface area contributed by atoms with Crippen molar-refractivity contribution in [3.8, 4) is 22.6 Å². The Balaban J connectivity index is 2.22. The van der Waals surface area contributed by atoms with Crippen LogP contribution in [-0.2, 0) is 11.8 Å². The van der Waals surface area contributed by atoms with E-state index in [9.17, 15) is 9.90 Å². The molecule has 1 heterocycles. The smallest absolute Gasteiger partial charge is 0.347 e. The molecule has 0 aliphatic carbocycles. The van der Waals surface area contributed by atoms with Gasteiger partial charge in [0, 0.05) is 34.8 Å². The number of methoxy groups -OCH3 is 1. The number of carboxylic acid groups (broad SMARTS) is 1. The monoisotopic (exact) mass is 353 g/mol. The number of benzene rings is 2. The molecule has 26 heavy (non-hydrogen) atoms. The van der Waals surface area contributed by atoms with Crippen molar-refractivity contribution in [2.45, 2.75) is 26.4 Å². The van der Waals surface area contributed by atoms with Crippen molar-refractivity contribution in [1.82, 2.24) is 4.57 Å². The molecule has 0 aliphatic rings. The van der Waals surface area contributed by atoms with Crippen LogP contribution in [0.3, 0.4) is 0 Å². The average Bonchev–Trinajstić information content (AvgIpc) is 2.85. The maximum absolute atomic E-state index is 11.4. The van der Waals surface area contributed by atoms with Crippen LogP contribution in [0.15, 0.2) is 42.5 Å². The van der Waals surface area contributed by atoms with Crippen molar-refractivity contribution in [2.24, 2.45) is 7.05 Å². The molecule has 3 aromatic rings. The molecule has 0 atom stereocenters. The van der Waals surface area contributed by atoms with Crippen LogP contribution in [0.1, 0.15) is 19.5 Å². The van der Waals surface area contributed by atoms with E-state index < -0.39 is 11.6 Å². The van der Waals surface area contributed by atoms with Gasteiger partial charge in [-0.3, -0.25) is 0 Å². The Labute approximate surface area is 152 Å². The van der Waals surface area contributed by atoms with Gasteiger partial charge in [-0.15, -0.1) is 0 Å². The van der Waals surface area contributed by atoms with Gasteiger partial charge in [0.2, 0.25) is 0 Å². The lowest BCUT2D eigenvalue weighted by Crippen LogP contribution is -2.37. The summed E-state index contributed by atoms with van der Waals surface area (Å²) in [6.45, 7) is 5.14. The molecular formula is C21H23NO4. The molecule has 136 valence electrons. The van der Waals surface area contributed by atoms with Crippen molar-refractivity contribution in [3.63, 3.8) is 0 Å². The quantitative estimate of drug-likeness (QED) is 0.738. The van der Waals surface area contributed by atoms with E-state index in [0.717, 1.165) is 33.5 Å². The number of aliphatic carboxylic acids is 1. The Bertz CT molecular complexity index is 985. The van der Waals surface area contributed by atoms with Gasteiger partial charge in [0.1, 0.15) is 11.5 Å². The lowest BCUT2D eigenvalue weighted by Gasteiger charge is -2.21. The van der Waals surface area contributed by atoms with E-state index >= 15 is 0 Å². The number of hydrogen-bond donors (Lipinski definition) is 1. The first-order valence-electron chi connectivity index (χ1n) is 8.41. The standard InChI is InChI=1S/C21H23NO4/c1-13-19(15-8-6-7-9-18(15)25-5)16-12-14(10-11-17(16)22(13)4)26-21(2,3)20(23)24/h6-12H,1-5H3,(H,23,24). The zero-order valence-corrected chi connectivity index (χ0v) is 15.7. The van der Waals surface area contributed by atoms with Gasteiger partial charge in [0.05, 0.1) is 7.11 Å². The number of rotatable bonds is 5. The van der Waals surface area contributed by atoms with Gasteiger partial charge in [-0.2, -0.15) is 0 Å². The van der Waals surface area contributed by atoms with Gasteiger partial charge in [0.15, 0.2) is 5.60 Å². The van der Waals surface area contributed by atoms with Gasteiger partial charge in [-0.1, -0.05) is 18.2 Å². The van der Waals surface area contributed by atoms with Crippen molar-refractivity contribution in [1.29, 1.82) is 0 Å². The predicted octanol–water partition coefficient (Wildman–Crippen LogP) is 4.40. The molecule has 0 saturated heterocycles. The third-order valence-corrected chi connectivity index (χ3v) is 4.73. The van der Waals surface area contributed by atoms with Crippen molar-refractivity contribution < 1.29 is 19.4 Å². The third kappa shape index (κ3) is 2.90. The van der Waals surface area contributed by atoms with Crippen LogP contribution in [-0.4, -0.2) is 28.4 Å². The van der Waals surface area contributed by atoms with E-state index in [4.69, 9.17) is 9.47 Å². The van der Waals surface area contributed by atoms with Crippen LogP contribution in [0.2, 0.25) is 0 Å². The predicted molar refractivity (Wildman–Crippen MR) is 102 cm³/mol. The van der Waals surface area contributed by atoms with E-state index in [1.54, 1.807) is 13.2 Å². The van der Waals surface area contributed by atoms with Crippen LogP contribution in [0, 0.1) is 6.92 Å². The Kier molecular flexibility index (Phi) is 4.40. The van der Waals surface area contributed by atoms with Crippen LogP contribution < -0.4 is 9.47 Å². The summed E-state index contributed by atoms with van der Waals surface area (Å²) < 4.78 is 13.4. The second-order valence-electron chi connectivity index (χ2n) is 6.82. The topological polar surface area (TPSA) is 60.7 Å². The summed E-state index contributed by atoms with van der Waals surface area (Å²) in [6.07, 6.45) is 0. The highest BCUT2D eigenvalue weighted by Crippen LogP contribution is 2.40. The second-order valence-corrected chi connectivity index (χ2v) is 6.82. The molecule has 1 N–H and O–H groups in total. The number of hydrogen-bond acceptors (Lipinski definition) is 3. The molecule has 0 unspecified atom stereocenters. The molecule has 0 radical (unpaired) electrons. The number of para-hydroxylation sites is 1. The molecule has 0 saturated carbocycles. The van der Waals surface area contributed by atoms with Crippen LogP contribution in [0.25, 0.3) is 22.0 Å². The van der Waals surface area contributed by atoms with Gasteiger partial charge in [-0.25, -0.2) is 4.79 Å². The number of aryl methyl sites for hydroxylation is 1. The van der Waals surface area contributed by atoms with Crippen LogP contribution in [0.5, 0.6) is 11.5 Å². The molecule has 2 aromatic carbocycles. The summed E-state index contributed by atoms with van der Waals surface area (Å²) in [5, 5.41) is 10.3. The highest BCUT2D eigenvalue weighted by molar-refractivity contribution is 6.00. The van der Waals surface area contributed by atoms with Crippen LogP contribution >= 0.6 is 0 Å². The molecule has 1 aromatic heterocycles. The van der Waals surface area contributed by atoms with E-state index in [2.05, 4.69) is 11.5 Å². The maximum Gasteiger partial charge on any atom is 0.347 e. The minimum absolute atomic E-state index is 0.520. The highest BCUT2D eigenvalue weighted by atomic mass is 16.5. The van der Waals surface area contributed by atoms with Crippen LogP contribution in [0.4, 0.5) is 0 Å². The highest BCUT2D eigenvalue weighted by Gasteiger charge is 2.29. The molecule has 0 fully saturated rings. The number of fused-ring (bicyclic) bond motifs is 1. The molecular weight excluding hydrogens is 330 g/mol. The normalized spacial score (nSPS) is 11.6.